The molecule has 0 aliphatic carbocycles. The molecule has 0 aromatic heterocycles. The Morgan fingerprint density at radius 2 is 1.91 bits per heavy atom. The van der Waals surface area contributed by atoms with Gasteiger partial charge in [0, 0.05) is 18.1 Å². The minimum atomic E-state index is -0.336. The fourth-order valence-electron chi connectivity index (χ4n) is 2.95. The topological polar surface area (TPSA) is 44.8 Å². The first-order valence-electron chi connectivity index (χ1n) is 8.21. The van der Waals surface area contributed by atoms with Gasteiger partial charge in [0.1, 0.15) is 28.4 Å². The van der Waals surface area contributed by atoms with E-state index in [4.69, 9.17) is 14.2 Å². The van der Waals surface area contributed by atoms with E-state index in [0.717, 1.165) is 17.7 Å². The average molecular weight is 320 g/mol. The van der Waals surface area contributed by atoms with E-state index in [1.54, 1.807) is 20.3 Å². The van der Waals surface area contributed by atoms with Gasteiger partial charge in [-0.15, -0.1) is 0 Å². The van der Waals surface area contributed by atoms with Crippen molar-refractivity contribution in [3.8, 4) is 17.2 Å². The molecular weight excluding hydrogens is 292 g/mol. The molecule has 0 radical (unpaired) electrons. The first-order valence-corrected chi connectivity index (χ1v) is 8.21. The largest absolute Gasteiger partial charge is 0.496 e. The molecule has 4 heteroatoms. The van der Waals surface area contributed by atoms with Gasteiger partial charge in [-0.25, -0.2) is 0 Å². The Hall–Kier alpha value is -1.71. The van der Waals surface area contributed by atoms with Crippen LogP contribution in [0.5, 0.6) is 17.2 Å². The monoisotopic (exact) mass is 320 g/mol. The van der Waals surface area contributed by atoms with Crippen molar-refractivity contribution in [2.45, 2.75) is 53.1 Å². The number of methoxy groups -OCH3 is 2. The van der Waals surface area contributed by atoms with Gasteiger partial charge in [-0.1, -0.05) is 20.8 Å². The summed E-state index contributed by atoms with van der Waals surface area (Å²) in [7, 11) is 3.21. The molecule has 4 nitrogen and oxygen atoms in total. The molecule has 2 rings (SSSR count). The summed E-state index contributed by atoms with van der Waals surface area (Å²) in [6, 6.07) is 1.81. The summed E-state index contributed by atoms with van der Waals surface area (Å²) in [4.78, 5) is 12.8. The van der Waals surface area contributed by atoms with Crippen molar-refractivity contribution in [3.05, 3.63) is 17.2 Å². The molecule has 128 valence electrons. The molecule has 0 bridgehead atoms. The maximum atomic E-state index is 12.8. The molecule has 23 heavy (non-hydrogen) atoms. The Morgan fingerprint density at radius 1 is 1.30 bits per heavy atom. The third-order valence-corrected chi connectivity index (χ3v) is 4.68. The van der Waals surface area contributed by atoms with Crippen LogP contribution in [0.1, 0.15) is 57.0 Å². The molecule has 0 amide bonds. The zero-order chi connectivity index (χ0) is 17.4. The van der Waals surface area contributed by atoms with E-state index in [2.05, 4.69) is 20.8 Å². The van der Waals surface area contributed by atoms with E-state index in [1.165, 1.54) is 0 Å². The molecule has 0 fully saturated rings. The van der Waals surface area contributed by atoms with Gasteiger partial charge in [-0.2, -0.15) is 0 Å². The van der Waals surface area contributed by atoms with Crippen LogP contribution >= 0.6 is 0 Å². The summed E-state index contributed by atoms with van der Waals surface area (Å²) < 4.78 is 17.3. The highest BCUT2D eigenvalue weighted by Gasteiger charge is 2.39. The fraction of sp³-hybridized carbons (Fsp3) is 0.632. The first-order chi connectivity index (χ1) is 10.7. The van der Waals surface area contributed by atoms with Gasteiger partial charge in [0.15, 0.2) is 5.78 Å². The lowest BCUT2D eigenvalue weighted by atomic mass is 9.82. The standard InChI is InChI=1S/C19H28O4/c1-11(2)8-14(20)17-16(22-7)10-15(21-6)13-9-12(3)19(4,5)23-18(13)17/h10-12H,8-9H2,1-7H3. The van der Waals surface area contributed by atoms with Crippen LogP contribution in [0, 0.1) is 11.8 Å². The van der Waals surface area contributed by atoms with Crippen LogP contribution in [0.2, 0.25) is 0 Å². The number of hydrogen-bond donors (Lipinski definition) is 0. The molecule has 1 atom stereocenters. The van der Waals surface area contributed by atoms with Crippen LogP contribution in [0.25, 0.3) is 0 Å². The van der Waals surface area contributed by atoms with Crippen molar-refractivity contribution < 1.29 is 19.0 Å². The van der Waals surface area contributed by atoms with Gasteiger partial charge < -0.3 is 14.2 Å². The van der Waals surface area contributed by atoms with Crippen molar-refractivity contribution in [2.24, 2.45) is 11.8 Å². The number of benzene rings is 1. The van der Waals surface area contributed by atoms with E-state index in [0.29, 0.717) is 29.4 Å². The van der Waals surface area contributed by atoms with Crippen LogP contribution in [0.3, 0.4) is 0 Å². The van der Waals surface area contributed by atoms with E-state index in [1.807, 2.05) is 13.8 Å². The third-order valence-electron chi connectivity index (χ3n) is 4.68. The molecule has 0 saturated heterocycles. The lowest BCUT2D eigenvalue weighted by Gasteiger charge is -2.39. The summed E-state index contributed by atoms with van der Waals surface area (Å²) in [5, 5.41) is 0. The van der Waals surface area contributed by atoms with Crippen molar-refractivity contribution in [3.63, 3.8) is 0 Å². The van der Waals surface area contributed by atoms with Gasteiger partial charge in [0.25, 0.3) is 0 Å². The highest BCUT2D eigenvalue weighted by atomic mass is 16.5. The van der Waals surface area contributed by atoms with Crippen LogP contribution in [-0.4, -0.2) is 25.6 Å². The van der Waals surface area contributed by atoms with E-state index in [-0.39, 0.29) is 17.3 Å². The van der Waals surface area contributed by atoms with Gasteiger partial charge in [0.05, 0.1) is 14.2 Å². The van der Waals surface area contributed by atoms with Gasteiger partial charge in [-0.05, 0) is 32.1 Å². The summed E-state index contributed by atoms with van der Waals surface area (Å²) >= 11 is 0. The van der Waals surface area contributed by atoms with Crippen molar-refractivity contribution >= 4 is 5.78 Å². The molecule has 1 unspecified atom stereocenters. The van der Waals surface area contributed by atoms with Gasteiger partial charge in [-0.3, -0.25) is 4.79 Å². The van der Waals surface area contributed by atoms with Crippen LogP contribution in [0.15, 0.2) is 6.07 Å². The Kier molecular flexibility index (Phi) is 4.92. The van der Waals surface area contributed by atoms with E-state index in [9.17, 15) is 4.79 Å². The number of carbonyl (C=O) groups excluding carboxylic acids is 1. The summed E-state index contributed by atoms with van der Waals surface area (Å²) in [6.07, 6.45) is 1.28. The van der Waals surface area contributed by atoms with Crippen LogP contribution in [-0.2, 0) is 6.42 Å². The predicted octanol–water partition coefficient (Wildman–Crippen LogP) is 4.28. The van der Waals surface area contributed by atoms with Gasteiger partial charge in [0.2, 0.25) is 0 Å². The van der Waals surface area contributed by atoms with E-state index < -0.39 is 0 Å². The van der Waals surface area contributed by atoms with E-state index >= 15 is 0 Å². The van der Waals surface area contributed by atoms with Crippen LogP contribution in [0.4, 0.5) is 0 Å². The van der Waals surface area contributed by atoms with Crippen molar-refractivity contribution in [1.29, 1.82) is 0 Å². The molecule has 1 aromatic rings. The summed E-state index contributed by atoms with van der Waals surface area (Å²) in [5.41, 5.74) is 1.18. The van der Waals surface area contributed by atoms with Crippen LogP contribution < -0.4 is 14.2 Å². The molecule has 0 saturated carbocycles. The zero-order valence-electron chi connectivity index (χ0n) is 15.3. The maximum absolute atomic E-state index is 12.8. The molecule has 0 N–H and O–H groups in total. The minimum Gasteiger partial charge on any atom is -0.496 e. The number of hydrogen-bond acceptors (Lipinski definition) is 4. The second-order valence-electron chi connectivity index (χ2n) is 7.30. The normalized spacial score (nSPS) is 19.0. The second-order valence-corrected chi connectivity index (χ2v) is 7.30. The Morgan fingerprint density at radius 3 is 2.43 bits per heavy atom. The summed E-state index contributed by atoms with van der Waals surface area (Å²) in [6.45, 7) is 10.3. The molecular formula is C19H28O4. The van der Waals surface area contributed by atoms with Gasteiger partial charge >= 0.3 is 0 Å². The second kappa shape index (κ2) is 6.42. The molecule has 1 aliphatic heterocycles. The smallest absolute Gasteiger partial charge is 0.170 e. The number of fused-ring (bicyclic) bond motifs is 1. The third kappa shape index (κ3) is 3.31. The first kappa shape index (κ1) is 17.6. The number of ether oxygens (including phenoxy) is 3. The lowest BCUT2D eigenvalue weighted by molar-refractivity contribution is 0.0330. The summed E-state index contributed by atoms with van der Waals surface area (Å²) in [5.74, 6) is 2.54. The average Bonchev–Trinajstić information content (AvgIpc) is 2.45. The number of carbonyl (C=O) groups is 1. The Balaban J connectivity index is 2.66. The fourth-order valence-corrected chi connectivity index (χ4v) is 2.95. The number of rotatable bonds is 5. The molecule has 1 aliphatic rings. The molecule has 1 heterocycles. The minimum absolute atomic E-state index is 0.0566. The van der Waals surface area contributed by atoms with Crippen molar-refractivity contribution in [2.75, 3.05) is 14.2 Å². The Bertz CT molecular complexity index is 602. The highest BCUT2D eigenvalue weighted by molar-refractivity contribution is 6.02. The predicted molar refractivity (Wildman–Crippen MR) is 90.9 cm³/mol. The molecule has 1 aromatic carbocycles. The van der Waals surface area contributed by atoms with Crippen molar-refractivity contribution in [1.82, 2.24) is 0 Å². The maximum Gasteiger partial charge on any atom is 0.170 e. The molecule has 0 spiro atoms. The quantitative estimate of drug-likeness (QED) is 0.760. The lowest BCUT2D eigenvalue weighted by Crippen LogP contribution is -2.41. The Labute approximate surface area is 139 Å². The highest BCUT2D eigenvalue weighted by Crippen LogP contribution is 2.47. The SMILES string of the molecule is COc1cc(OC)c(C(=O)CC(C)C)c2c1CC(C)C(C)(C)O2. The number of Topliss-reactive ketones (excluding diaryl/α,β-unsaturated/α-hetero) is 1. The number of ketones is 1. The zero-order valence-corrected chi connectivity index (χ0v) is 15.3.